The second-order valence-electron chi connectivity index (χ2n) is 4.78. The Morgan fingerprint density at radius 3 is 2.35 bits per heavy atom. The summed E-state index contributed by atoms with van der Waals surface area (Å²) in [6, 6.07) is 1.09. The summed E-state index contributed by atoms with van der Waals surface area (Å²) in [5, 5.41) is 0. The third-order valence-corrected chi connectivity index (χ3v) is 3.80. The van der Waals surface area contributed by atoms with Crippen LogP contribution in [0.3, 0.4) is 0 Å². The van der Waals surface area contributed by atoms with E-state index in [0.717, 1.165) is 0 Å². The van der Waals surface area contributed by atoms with E-state index in [4.69, 9.17) is 10.7 Å². The lowest BCUT2D eigenvalue weighted by molar-refractivity contribution is 0.0773. The van der Waals surface area contributed by atoms with Crippen molar-refractivity contribution in [3.8, 4) is 0 Å². The molecule has 0 spiro atoms. The minimum absolute atomic E-state index is 0.122. The van der Waals surface area contributed by atoms with Crippen molar-refractivity contribution in [1.82, 2.24) is 4.90 Å². The highest BCUT2D eigenvalue weighted by molar-refractivity contribution is 8.13. The van der Waals surface area contributed by atoms with E-state index in [2.05, 4.69) is 0 Å². The van der Waals surface area contributed by atoms with Crippen molar-refractivity contribution in [1.29, 1.82) is 0 Å². The van der Waals surface area contributed by atoms with Crippen LogP contribution in [0.2, 0.25) is 0 Å². The van der Waals surface area contributed by atoms with Crippen molar-refractivity contribution in [2.75, 3.05) is 13.6 Å². The first-order valence-corrected chi connectivity index (χ1v) is 8.04. The van der Waals surface area contributed by atoms with E-state index in [1.165, 1.54) is 11.9 Å². The molecular formula is C12H14ClF2NO3S. The highest BCUT2D eigenvalue weighted by atomic mass is 35.7. The molecule has 0 aliphatic carbocycles. The van der Waals surface area contributed by atoms with E-state index in [9.17, 15) is 22.0 Å². The van der Waals surface area contributed by atoms with Crippen molar-refractivity contribution in [3.05, 3.63) is 29.3 Å². The summed E-state index contributed by atoms with van der Waals surface area (Å²) in [4.78, 5) is 12.2. The van der Waals surface area contributed by atoms with Gasteiger partial charge in [-0.1, -0.05) is 13.8 Å². The second-order valence-corrected chi connectivity index (χ2v) is 7.32. The Morgan fingerprint density at radius 2 is 1.90 bits per heavy atom. The molecule has 0 heterocycles. The molecule has 0 unspecified atom stereocenters. The van der Waals surface area contributed by atoms with Gasteiger partial charge < -0.3 is 4.90 Å². The maximum absolute atomic E-state index is 14.0. The zero-order valence-electron chi connectivity index (χ0n) is 11.2. The van der Waals surface area contributed by atoms with Gasteiger partial charge in [-0.15, -0.1) is 0 Å². The van der Waals surface area contributed by atoms with E-state index >= 15 is 0 Å². The lowest BCUT2D eigenvalue weighted by Crippen LogP contribution is -2.31. The van der Waals surface area contributed by atoms with Crippen molar-refractivity contribution < 1.29 is 22.0 Å². The number of carbonyl (C=O) groups excluding carboxylic acids is 1. The molecule has 0 aromatic heterocycles. The zero-order valence-corrected chi connectivity index (χ0v) is 12.7. The maximum atomic E-state index is 14.0. The van der Waals surface area contributed by atoms with E-state index in [1.807, 2.05) is 13.8 Å². The summed E-state index contributed by atoms with van der Waals surface area (Å²) in [7, 11) is 1.96. The third-order valence-electron chi connectivity index (χ3n) is 2.48. The van der Waals surface area contributed by atoms with Crippen molar-refractivity contribution in [3.63, 3.8) is 0 Å². The second kappa shape index (κ2) is 6.05. The first kappa shape index (κ1) is 16.8. The maximum Gasteiger partial charge on any atom is 0.264 e. The minimum Gasteiger partial charge on any atom is -0.341 e. The smallest absolute Gasteiger partial charge is 0.264 e. The van der Waals surface area contributed by atoms with Gasteiger partial charge >= 0.3 is 0 Å². The molecule has 8 heteroatoms. The highest BCUT2D eigenvalue weighted by Gasteiger charge is 2.26. The van der Waals surface area contributed by atoms with Crippen LogP contribution in [0.5, 0.6) is 0 Å². The summed E-state index contributed by atoms with van der Waals surface area (Å²) in [6.45, 7) is 4.01. The predicted molar refractivity (Wildman–Crippen MR) is 71.2 cm³/mol. The van der Waals surface area contributed by atoms with Crippen molar-refractivity contribution >= 4 is 25.6 Å². The lowest BCUT2D eigenvalue weighted by atomic mass is 10.1. The topological polar surface area (TPSA) is 54.5 Å². The Balaban J connectivity index is 3.33. The fourth-order valence-electron chi connectivity index (χ4n) is 1.73. The van der Waals surface area contributed by atoms with Crippen LogP contribution in [0.4, 0.5) is 8.78 Å². The zero-order chi connectivity index (χ0) is 15.7. The number of carbonyl (C=O) groups is 1. The number of rotatable bonds is 4. The molecule has 0 aliphatic rings. The van der Waals surface area contributed by atoms with Gasteiger partial charge in [-0.2, -0.15) is 0 Å². The molecule has 0 bridgehead atoms. The van der Waals surface area contributed by atoms with Crippen LogP contribution in [0.15, 0.2) is 17.0 Å². The summed E-state index contributed by atoms with van der Waals surface area (Å²) in [5.41, 5.74) is -0.660. The monoisotopic (exact) mass is 325 g/mol. The summed E-state index contributed by atoms with van der Waals surface area (Å²) in [6.07, 6.45) is 0. The lowest BCUT2D eigenvalue weighted by Gasteiger charge is -2.20. The summed E-state index contributed by atoms with van der Waals surface area (Å²) < 4.78 is 49.7. The molecule has 1 aromatic rings. The molecule has 0 saturated carbocycles. The number of nitrogens with zero attached hydrogens (tertiary/aromatic N) is 1. The Labute approximate surface area is 120 Å². The van der Waals surface area contributed by atoms with Crippen LogP contribution in [0, 0.1) is 17.6 Å². The normalized spacial score (nSPS) is 11.8. The Kier molecular flexibility index (Phi) is 5.10. The molecule has 0 atom stereocenters. The molecule has 0 saturated heterocycles. The van der Waals surface area contributed by atoms with Crippen LogP contribution < -0.4 is 0 Å². The molecule has 0 aliphatic heterocycles. The number of halogens is 3. The Morgan fingerprint density at radius 1 is 1.35 bits per heavy atom. The molecule has 4 nitrogen and oxygen atoms in total. The molecule has 0 radical (unpaired) electrons. The Bertz CT molecular complexity index is 632. The molecule has 0 N–H and O–H groups in total. The number of hydrogen-bond donors (Lipinski definition) is 0. The minimum atomic E-state index is -4.47. The van der Waals surface area contributed by atoms with E-state index < -0.39 is 37.1 Å². The molecular weight excluding hydrogens is 312 g/mol. The van der Waals surface area contributed by atoms with E-state index in [1.54, 1.807) is 0 Å². The summed E-state index contributed by atoms with van der Waals surface area (Å²) >= 11 is 0. The first-order chi connectivity index (χ1) is 9.04. The highest BCUT2D eigenvalue weighted by Crippen LogP contribution is 2.24. The molecule has 112 valence electrons. The van der Waals surface area contributed by atoms with Gasteiger partial charge in [0, 0.05) is 24.3 Å². The standard InChI is InChI=1S/C12H14ClF2NO3S/c1-7(2)6-16(3)12(17)9-4-8(14)5-10(11(9)15)20(13,18)19/h4-5,7H,6H2,1-3H3. The van der Waals surface area contributed by atoms with Gasteiger partial charge in [0.2, 0.25) is 0 Å². The van der Waals surface area contributed by atoms with E-state index in [-0.39, 0.29) is 5.92 Å². The predicted octanol–water partition coefficient (Wildman–Crippen LogP) is 2.62. The van der Waals surface area contributed by atoms with Crippen molar-refractivity contribution in [2.24, 2.45) is 5.92 Å². The molecule has 0 fully saturated rings. The third kappa shape index (κ3) is 3.89. The van der Waals surface area contributed by atoms with Crippen LogP contribution in [0.1, 0.15) is 24.2 Å². The fourth-order valence-corrected chi connectivity index (χ4v) is 2.65. The summed E-state index contributed by atoms with van der Waals surface area (Å²) in [5.74, 6) is -3.08. The van der Waals surface area contributed by atoms with Gasteiger partial charge in [-0.25, -0.2) is 17.2 Å². The Hall–Kier alpha value is -1.21. The number of amides is 1. The average molecular weight is 326 g/mol. The molecule has 20 heavy (non-hydrogen) atoms. The van der Waals surface area contributed by atoms with Gasteiger partial charge in [0.25, 0.3) is 15.0 Å². The van der Waals surface area contributed by atoms with Crippen LogP contribution in [-0.2, 0) is 9.05 Å². The fraction of sp³-hybridized carbons (Fsp3) is 0.417. The molecule has 1 amide bonds. The van der Waals surface area contributed by atoms with Crippen LogP contribution >= 0.6 is 10.7 Å². The van der Waals surface area contributed by atoms with Gasteiger partial charge in [-0.3, -0.25) is 4.79 Å². The first-order valence-electron chi connectivity index (χ1n) is 5.73. The van der Waals surface area contributed by atoms with Gasteiger partial charge in [0.05, 0.1) is 5.56 Å². The number of hydrogen-bond acceptors (Lipinski definition) is 3. The van der Waals surface area contributed by atoms with Gasteiger partial charge in [-0.05, 0) is 18.1 Å². The van der Waals surface area contributed by atoms with E-state index in [0.29, 0.717) is 18.7 Å². The van der Waals surface area contributed by atoms with Crippen molar-refractivity contribution in [2.45, 2.75) is 18.7 Å². The van der Waals surface area contributed by atoms with Gasteiger partial charge in [0.1, 0.15) is 10.7 Å². The molecule has 1 aromatic carbocycles. The SMILES string of the molecule is CC(C)CN(C)C(=O)c1cc(F)cc(S(=O)(=O)Cl)c1F. The quantitative estimate of drug-likeness (QED) is 0.800. The van der Waals surface area contributed by atoms with Gasteiger partial charge in [0.15, 0.2) is 5.82 Å². The van der Waals surface area contributed by atoms with Crippen LogP contribution in [-0.4, -0.2) is 32.8 Å². The average Bonchev–Trinajstić information content (AvgIpc) is 2.28. The van der Waals surface area contributed by atoms with Crippen LogP contribution in [0.25, 0.3) is 0 Å². The molecule has 1 rings (SSSR count). The largest absolute Gasteiger partial charge is 0.341 e. The number of benzene rings is 1.